The van der Waals surface area contributed by atoms with Crippen molar-refractivity contribution in [3.8, 4) is 0 Å². The van der Waals surface area contributed by atoms with Crippen molar-refractivity contribution >= 4 is 5.97 Å². The van der Waals surface area contributed by atoms with Gasteiger partial charge in [0.25, 0.3) is 0 Å². The summed E-state index contributed by atoms with van der Waals surface area (Å²) < 4.78 is 26.1. The van der Waals surface area contributed by atoms with Gasteiger partial charge in [0.2, 0.25) is 0 Å². The number of hydrogen-bond acceptors (Lipinski definition) is 5. The Morgan fingerprint density at radius 3 is 2.00 bits per heavy atom. The van der Waals surface area contributed by atoms with Crippen molar-refractivity contribution in [1.29, 1.82) is 0 Å². The van der Waals surface area contributed by atoms with E-state index in [0.717, 1.165) is 55.2 Å². The van der Waals surface area contributed by atoms with Gasteiger partial charge >= 0.3 is 5.97 Å². The van der Waals surface area contributed by atoms with E-state index in [1.807, 2.05) is 54.6 Å². The predicted octanol–water partition coefficient (Wildman–Crippen LogP) is 7.59. The van der Waals surface area contributed by atoms with Crippen LogP contribution < -0.4 is 0 Å². The molecule has 1 spiro atoms. The van der Waals surface area contributed by atoms with E-state index in [2.05, 4.69) is 49.4 Å². The topological polar surface area (TPSA) is 54.0 Å². The van der Waals surface area contributed by atoms with Gasteiger partial charge in [-0.25, -0.2) is 4.79 Å². The second-order valence-corrected chi connectivity index (χ2v) is 13.0. The number of hydrogen-bond donors (Lipinski definition) is 0. The van der Waals surface area contributed by atoms with E-state index in [1.165, 1.54) is 12.0 Å². The van der Waals surface area contributed by atoms with Crippen LogP contribution in [-0.4, -0.2) is 37.7 Å². The van der Waals surface area contributed by atoms with Crippen molar-refractivity contribution in [2.75, 3.05) is 19.8 Å². The minimum absolute atomic E-state index is 0.152. The Morgan fingerprint density at radius 2 is 1.42 bits per heavy atom. The molecule has 5 heteroatoms. The molecule has 0 aromatic heterocycles. The molecule has 3 aliphatic carbocycles. The van der Waals surface area contributed by atoms with Gasteiger partial charge in [-0.1, -0.05) is 109 Å². The Balaban J connectivity index is 1.20. The van der Waals surface area contributed by atoms with Crippen molar-refractivity contribution in [2.45, 2.75) is 69.4 Å². The molecule has 3 fully saturated rings. The Bertz CT molecular complexity index is 1330. The molecule has 3 aromatic rings. The quantitative estimate of drug-likeness (QED) is 0.164. The fraction of sp³-hybridized carbons (Fsp3) is 0.447. The molecular weight excluding hydrogens is 536 g/mol. The van der Waals surface area contributed by atoms with Crippen LogP contribution in [-0.2, 0) is 29.3 Å². The summed E-state index contributed by atoms with van der Waals surface area (Å²) in [5.41, 5.74) is 3.37. The number of rotatable bonds is 7. The van der Waals surface area contributed by atoms with Gasteiger partial charge < -0.3 is 18.9 Å². The summed E-state index contributed by atoms with van der Waals surface area (Å²) in [5, 5.41) is 0. The number of esters is 1. The SMILES string of the molecule is C/C1=C/CC23CCCC(C2C2(CC3)OCCO2)[C@@H](OC(=O)COC(c2ccccc2)(c2ccccc2)c2ccccc2)C1. The average molecular weight is 579 g/mol. The van der Waals surface area contributed by atoms with Crippen LogP contribution in [0.25, 0.3) is 0 Å². The van der Waals surface area contributed by atoms with Crippen LogP contribution in [0, 0.1) is 17.3 Å². The molecule has 1 heterocycles. The first-order chi connectivity index (χ1) is 21.0. The third-order valence-corrected chi connectivity index (χ3v) is 10.6. The van der Waals surface area contributed by atoms with Gasteiger partial charge in [-0.3, -0.25) is 0 Å². The zero-order valence-electron chi connectivity index (χ0n) is 25.1. The molecule has 1 aliphatic heterocycles. The minimum atomic E-state index is -0.972. The maximum atomic E-state index is 13.9. The maximum absolute atomic E-state index is 13.9. The van der Waals surface area contributed by atoms with Crippen LogP contribution in [0.5, 0.6) is 0 Å². The first-order valence-electron chi connectivity index (χ1n) is 16.0. The highest BCUT2D eigenvalue weighted by Gasteiger charge is 2.64. The average Bonchev–Trinajstić information content (AvgIpc) is 3.66. The lowest BCUT2D eigenvalue weighted by Crippen LogP contribution is -2.52. The largest absolute Gasteiger partial charge is 0.460 e. The van der Waals surface area contributed by atoms with Crippen molar-refractivity contribution < 1.29 is 23.7 Å². The van der Waals surface area contributed by atoms with Crippen LogP contribution in [0.2, 0.25) is 0 Å². The van der Waals surface area contributed by atoms with E-state index in [0.29, 0.717) is 13.2 Å². The van der Waals surface area contributed by atoms with Crippen LogP contribution in [0.15, 0.2) is 103 Å². The van der Waals surface area contributed by atoms with Gasteiger partial charge in [0.05, 0.1) is 13.2 Å². The van der Waals surface area contributed by atoms with Crippen LogP contribution in [0.3, 0.4) is 0 Å². The van der Waals surface area contributed by atoms with Crippen LogP contribution in [0.1, 0.15) is 68.6 Å². The first-order valence-corrected chi connectivity index (χ1v) is 16.0. The summed E-state index contributed by atoms with van der Waals surface area (Å²) in [7, 11) is 0. The third kappa shape index (κ3) is 5.05. The van der Waals surface area contributed by atoms with E-state index < -0.39 is 11.4 Å². The Hall–Kier alpha value is -3.25. The van der Waals surface area contributed by atoms with E-state index in [4.69, 9.17) is 18.9 Å². The number of carbonyl (C=O) groups excluding carboxylic acids is 1. The van der Waals surface area contributed by atoms with Gasteiger partial charge in [-0.2, -0.15) is 0 Å². The first kappa shape index (κ1) is 28.5. The second kappa shape index (κ2) is 11.7. The van der Waals surface area contributed by atoms with Crippen molar-refractivity contribution in [3.63, 3.8) is 0 Å². The predicted molar refractivity (Wildman–Crippen MR) is 165 cm³/mol. The highest BCUT2D eigenvalue weighted by Crippen LogP contribution is 2.64. The van der Waals surface area contributed by atoms with Gasteiger partial charge in [-0.15, -0.1) is 0 Å². The fourth-order valence-corrected chi connectivity index (χ4v) is 8.84. The summed E-state index contributed by atoms with van der Waals surface area (Å²) in [4.78, 5) is 13.9. The molecule has 5 nitrogen and oxygen atoms in total. The smallest absolute Gasteiger partial charge is 0.332 e. The van der Waals surface area contributed by atoms with E-state index >= 15 is 0 Å². The zero-order chi connectivity index (χ0) is 29.3. The molecular formula is C38H42O5. The molecule has 43 heavy (non-hydrogen) atoms. The third-order valence-electron chi connectivity index (χ3n) is 10.6. The molecule has 4 aliphatic rings. The summed E-state index contributed by atoms with van der Waals surface area (Å²) in [6, 6.07) is 30.5. The zero-order valence-corrected chi connectivity index (χ0v) is 25.1. The maximum Gasteiger partial charge on any atom is 0.332 e. The molecule has 7 rings (SSSR count). The lowest BCUT2D eigenvalue weighted by molar-refractivity contribution is -0.228. The molecule has 2 bridgehead atoms. The molecule has 2 saturated carbocycles. The highest BCUT2D eigenvalue weighted by atomic mass is 16.7. The summed E-state index contributed by atoms with van der Waals surface area (Å²) >= 11 is 0. The lowest BCUT2D eigenvalue weighted by Gasteiger charge is -2.51. The fourth-order valence-electron chi connectivity index (χ4n) is 8.84. The molecule has 0 amide bonds. The molecule has 4 atom stereocenters. The second-order valence-electron chi connectivity index (χ2n) is 13.0. The van der Waals surface area contributed by atoms with Crippen molar-refractivity contribution in [3.05, 3.63) is 119 Å². The normalized spacial score (nSPS) is 29.2. The van der Waals surface area contributed by atoms with Crippen LogP contribution >= 0.6 is 0 Å². The molecule has 1 saturated heterocycles. The summed E-state index contributed by atoms with van der Waals surface area (Å²) in [5.74, 6) is -0.434. The summed E-state index contributed by atoms with van der Waals surface area (Å²) in [6.07, 6.45) is 9.35. The van der Waals surface area contributed by atoms with Crippen molar-refractivity contribution in [1.82, 2.24) is 0 Å². The van der Waals surface area contributed by atoms with Gasteiger partial charge in [-0.05, 0) is 54.7 Å². The Morgan fingerprint density at radius 1 is 0.837 bits per heavy atom. The number of benzene rings is 3. The summed E-state index contributed by atoms with van der Waals surface area (Å²) in [6.45, 7) is 3.31. The van der Waals surface area contributed by atoms with Gasteiger partial charge in [0.15, 0.2) is 5.79 Å². The molecule has 224 valence electrons. The van der Waals surface area contributed by atoms with E-state index in [1.54, 1.807) is 0 Å². The molecule has 0 N–H and O–H groups in total. The Kier molecular flexibility index (Phi) is 7.75. The van der Waals surface area contributed by atoms with Crippen molar-refractivity contribution in [2.24, 2.45) is 17.3 Å². The monoisotopic (exact) mass is 578 g/mol. The lowest BCUT2D eigenvalue weighted by atomic mass is 9.58. The van der Waals surface area contributed by atoms with Gasteiger partial charge in [0.1, 0.15) is 18.3 Å². The Labute approximate surface area is 255 Å². The number of ether oxygens (including phenoxy) is 4. The minimum Gasteiger partial charge on any atom is -0.460 e. The number of carbonyl (C=O) groups is 1. The standard InChI is InChI=1S/C38H42O5/c1-28-19-21-36-20-11-18-32(35(36)37(23-22-36)40-24-25-41-37)33(26-28)43-34(39)27-42-38(29-12-5-2-6-13-29,30-14-7-3-8-15-30)31-16-9-4-10-17-31/h2-10,12-17,19,32-33,35H,11,18,20-27H2,1H3/b28-19-/t32?,33-,35?,36?/m0/s1. The number of allylic oxidation sites excluding steroid dienone is 1. The van der Waals surface area contributed by atoms with Crippen LogP contribution in [0.4, 0.5) is 0 Å². The molecule has 0 radical (unpaired) electrons. The van der Waals surface area contributed by atoms with Gasteiger partial charge in [0, 0.05) is 24.7 Å². The van der Waals surface area contributed by atoms with E-state index in [-0.39, 0.29) is 35.9 Å². The highest BCUT2D eigenvalue weighted by molar-refractivity contribution is 5.71. The molecule has 3 aromatic carbocycles. The van der Waals surface area contributed by atoms with E-state index in [9.17, 15) is 4.79 Å². The molecule has 3 unspecified atom stereocenters.